The van der Waals surface area contributed by atoms with Crippen LogP contribution < -0.4 is 0 Å². The molecule has 3 nitrogen and oxygen atoms in total. The van der Waals surface area contributed by atoms with Gasteiger partial charge in [-0.2, -0.15) is 4.98 Å². The first kappa shape index (κ1) is 9.68. The Labute approximate surface area is 94.9 Å². The first-order valence-electron chi connectivity index (χ1n) is 3.99. The predicted octanol–water partition coefficient (Wildman–Crippen LogP) is 2.90. The van der Waals surface area contributed by atoms with Gasteiger partial charge in [0.25, 0.3) is 0 Å². The third-order valence-corrected chi connectivity index (χ3v) is 2.67. The van der Waals surface area contributed by atoms with Gasteiger partial charge in [-0.15, -0.1) is 5.10 Å². The molecule has 0 aliphatic heterocycles. The zero-order valence-corrected chi connectivity index (χ0v) is 9.75. The number of rotatable bonds is 1. The van der Waals surface area contributed by atoms with Crippen LogP contribution in [0.5, 0.6) is 0 Å². The van der Waals surface area contributed by atoms with Gasteiger partial charge in [-0.3, -0.25) is 0 Å². The second-order valence-corrected chi connectivity index (χ2v) is 4.09. The quantitative estimate of drug-likeness (QED) is 0.799. The summed E-state index contributed by atoms with van der Waals surface area (Å²) in [6.07, 6.45) is 0. The molecular formula is C9H7BrClN3. The topological polar surface area (TPSA) is 30.7 Å². The van der Waals surface area contributed by atoms with E-state index in [1.54, 1.807) is 11.7 Å². The van der Waals surface area contributed by atoms with Crippen molar-refractivity contribution in [3.8, 4) is 11.4 Å². The number of hydrogen-bond acceptors (Lipinski definition) is 2. The highest BCUT2D eigenvalue weighted by Crippen LogP contribution is 2.19. The van der Waals surface area contributed by atoms with Gasteiger partial charge in [-0.1, -0.05) is 28.1 Å². The summed E-state index contributed by atoms with van der Waals surface area (Å²) < 4.78 is 2.57. The molecule has 0 atom stereocenters. The van der Waals surface area contributed by atoms with Crippen molar-refractivity contribution in [2.24, 2.45) is 7.05 Å². The summed E-state index contributed by atoms with van der Waals surface area (Å²) in [6.45, 7) is 0. The standard InChI is InChI=1S/C9H7BrClN3/c1-14-9(11)12-8(13-14)6-2-4-7(10)5-3-6/h2-5H,1H3. The second kappa shape index (κ2) is 3.71. The van der Waals surface area contributed by atoms with Crippen LogP contribution in [0.4, 0.5) is 0 Å². The first-order chi connectivity index (χ1) is 6.66. The number of benzene rings is 1. The Morgan fingerprint density at radius 1 is 1.29 bits per heavy atom. The Hall–Kier alpha value is -0.870. The number of aromatic nitrogens is 3. The third-order valence-electron chi connectivity index (χ3n) is 1.81. The minimum absolute atomic E-state index is 0.392. The van der Waals surface area contributed by atoms with Gasteiger partial charge in [-0.25, -0.2) is 4.68 Å². The molecule has 0 N–H and O–H groups in total. The fraction of sp³-hybridized carbons (Fsp3) is 0.111. The van der Waals surface area contributed by atoms with Gasteiger partial charge in [0.05, 0.1) is 0 Å². The van der Waals surface area contributed by atoms with E-state index in [2.05, 4.69) is 26.0 Å². The average molecular weight is 273 g/mol. The summed E-state index contributed by atoms with van der Waals surface area (Å²) in [6, 6.07) is 7.77. The van der Waals surface area contributed by atoms with Gasteiger partial charge in [0.1, 0.15) is 0 Å². The molecule has 1 heterocycles. The van der Waals surface area contributed by atoms with Crippen molar-refractivity contribution in [2.45, 2.75) is 0 Å². The van der Waals surface area contributed by atoms with Gasteiger partial charge in [0.15, 0.2) is 5.82 Å². The van der Waals surface area contributed by atoms with E-state index in [0.717, 1.165) is 10.0 Å². The molecule has 0 spiro atoms. The summed E-state index contributed by atoms with van der Waals surface area (Å²) in [4.78, 5) is 4.11. The largest absolute Gasteiger partial charge is 0.239 e. The van der Waals surface area contributed by atoms with E-state index >= 15 is 0 Å². The van der Waals surface area contributed by atoms with E-state index in [4.69, 9.17) is 11.6 Å². The van der Waals surface area contributed by atoms with Gasteiger partial charge in [-0.05, 0) is 23.7 Å². The van der Waals surface area contributed by atoms with Crippen molar-refractivity contribution in [2.75, 3.05) is 0 Å². The molecular weight excluding hydrogens is 265 g/mol. The van der Waals surface area contributed by atoms with Gasteiger partial charge >= 0.3 is 0 Å². The predicted molar refractivity (Wildman–Crippen MR) is 59.1 cm³/mol. The zero-order chi connectivity index (χ0) is 10.1. The maximum atomic E-state index is 5.79. The van der Waals surface area contributed by atoms with E-state index in [0.29, 0.717) is 11.1 Å². The molecule has 2 aromatic rings. The zero-order valence-electron chi connectivity index (χ0n) is 7.41. The second-order valence-electron chi connectivity index (χ2n) is 2.83. The Morgan fingerprint density at radius 3 is 2.43 bits per heavy atom. The van der Waals surface area contributed by atoms with E-state index in [9.17, 15) is 0 Å². The van der Waals surface area contributed by atoms with Crippen LogP contribution in [0.15, 0.2) is 28.7 Å². The van der Waals surface area contributed by atoms with E-state index in [1.165, 1.54) is 0 Å². The Morgan fingerprint density at radius 2 is 1.93 bits per heavy atom. The third kappa shape index (κ3) is 1.81. The molecule has 0 saturated heterocycles. The molecule has 14 heavy (non-hydrogen) atoms. The smallest absolute Gasteiger partial charge is 0.221 e. The van der Waals surface area contributed by atoms with Crippen LogP contribution in [0.1, 0.15) is 0 Å². The van der Waals surface area contributed by atoms with E-state index in [-0.39, 0.29) is 0 Å². The van der Waals surface area contributed by atoms with Gasteiger partial charge < -0.3 is 0 Å². The molecule has 0 fully saturated rings. The minimum atomic E-state index is 0.392. The molecule has 0 bridgehead atoms. The number of nitrogens with zero attached hydrogens (tertiary/aromatic N) is 3. The molecule has 0 aliphatic carbocycles. The molecule has 5 heteroatoms. The van der Waals surface area contributed by atoms with Gasteiger partial charge in [0.2, 0.25) is 5.28 Å². The maximum absolute atomic E-state index is 5.79. The summed E-state index contributed by atoms with van der Waals surface area (Å²) >= 11 is 9.16. The van der Waals surface area contributed by atoms with Crippen LogP contribution >= 0.6 is 27.5 Å². The fourth-order valence-electron chi connectivity index (χ4n) is 1.09. The lowest BCUT2D eigenvalue weighted by atomic mass is 10.2. The molecule has 0 saturated carbocycles. The SMILES string of the molecule is Cn1nc(-c2ccc(Br)cc2)nc1Cl. The molecule has 0 aliphatic rings. The number of aryl methyl sites for hydroxylation is 1. The highest BCUT2D eigenvalue weighted by Gasteiger charge is 2.06. The lowest BCUT2D eigenvalue weighted by Crippen LogP contribution is -1.89. The highest BCUT2D eigenvalue weighted by molar-refractivity contribution is 9.10. The van der Waals surface area contributed by atoms with Crippen LogP contribution in [0.25, 0.3) is 11.4 Å². The summed E-state index contributed by atoms with van der Waals surface area (Å²) in [5, 5.41) is 4.56. The highest BCUT2D eigenvalue weighted by atomic mass is 79.9. The Bertz CT molecular complexity index is 430. The fourth-order valence-corrected chi connectivity index (χ4v) is 1.47. The maximum Gasteiger partial charge on any atom is 0.221 e. The number of hydrogen-bond donors (Lipinski definition) is 0. The lowest BCUT2D eigenvalue weighted by molar-refractivity contribution is 0.769. The molecule has 1 aromatic carbocycles. The first-order valence-corrected chi connectivity index (χ1v) is 5.16. The Kier molecular flexibility index (Phi) is 2.56. The van der Waals surface area contributed by atoms with Crippen molar-refractivity contribution in [3.05, 3.63) is 34.0 Å². The van der Waals surface area contributed by atoms with Crippen molar-refractivity contribution in [1.82, 2.24) is 14.8 Å². The van der Waals surface area contributed by atoms with Crippen molar-refractivity contribution in [1.29, 1.82) is 0 Å². The Balaban J connectivity index is 2.44. The summed E-state index contributed by atoms with van der Waals surface area (Å²) in [5.74, 6) is 0.644. The van der Waals surface area contributed by atoms with Gasteiger partial charge in [0, 0.05) is 17.1 Å². The van der Waals surface area contributed by atoms with Crippen LogP contribution in [0, 0.1) is 0 Å². The molecule has 0 amide bonds. The normalized spacial score (nSPS) is 10.5. The van der Waals surface area contributed by atoms with Crippen LogP contribution in [0.3, 0.4) is 0 Å². The van der Waals surface area contributed by atoms with Crippen molar-refractivity contribution >= 4 is 27.5 Å². The van der Waals surface area contributed by atoms with Crippen molar-refractivity contribution < 1.29 is 0 Å². The molecule has 1 aromatic heterocycles. The van der Waals surface area contributed by atoms with Crippen LogP contribution in [0.2, 0.25) is 5.28 Å². The lowest BCUT2D eigenvalue weighted by Gasteiger charge is -1.94. The van der Waals surface area contributed by atoms with Crippen molar-refractivity contribution in [3.63, 3.8) is 0 Å². The van der Waals surface area contributed by atoms with Crippen LogP contribution in [-0.4, -0.2) is 14.8 Å². The molecule has 2 rings (SSSR count). The monoisotopic (exact) mass is 271 g/mol. The summed E-state index contributed by atoms with van der Waals surface area (Å²) in [5.41, 5.74) is 0.954. The van der Waals surface area contributed by atoms with E-state index in [1.807, 2.05) is 24.3 Å². The summed E-state index contributed by atoms with van der Waals surface area (Å²) in [7, 11) is 1.76. The molecule has 0 unspecified atom stereocenters. The molecule has 72 valence electrons. The van der Waals surface area contributed by atoms with Crippen LogP contribution in [-0.2, 0) is 7.05 Å². The van der Waals surface area contributed by atoms with E-state index < -0.39 is 0 Å². The minimum Gasteiger partial charge on any atom is -0.239 e. The molecule has 0 radical (unpaired) electrons. The average Bonchev–Trinajstić information content (AvgIpc) is 2.48. The number of halogens is 2.